The summed E-state index contributed by atoms with van der Waals surface area (Å²) >= 11 is 6.02. The van der Waals surface area contributed by atoms with Crippen LogP contribution in [0, 0.1) is 0 Å². The molecular weight excluding hydrogens is 508 g/mol. The molecule has 36 heavy (non-hydrogen) atoms. The molecular formula is C25H23ClN2O7S. The van der Waals surface area contributed by atoms with Crippen molar-refractivity contribution < 1.29 is 32.3 Å². The molecule has 0 saturated heterocycles. The van der Waals surface area contributed by atoms with Crippen LogP contribution in [0.3, 0.4) is 0 Å². The fraction of sp³-hybridized carbons (Fsp3) is 0.160. The maximum Gasteiger partial charge on any atom is 0.337 e. The van der Waals surface area contributed by atoms with Crippen molar-refractivity contribution in [1.82, 2.24) is 0 Å². The fourth-order valence-electron chi connectivity index (χ4n) is 3.33. The molecule has 0 aliphatic carbocycles. The van der Waals surface area contributed by atoms with Gasteiger partial charge in [0.2, 0.25) is 10.0 Å². The molecule has 9 nitrogen and oxygen atoms in total. The number of methoxy groups -OCH3 is 2. The third kappa shape index (κ3) is 6.61. The molecule has 3 aromatic rings. The Hall–Kier alpha value is -3.89. The summed E-state index contributed by atoms with van der Waals surface area (Å²) in [6.45, 7) is 0.0325. The molecule has 0 saturated carbocycles. The lowest BCUT2D eigenvalue weighted by molar-refractivity contribution is 0.0598. The summed E-state index contributed by atoms with van der Waals surface area (Å²) in [6.07, 6.45) is 1.10. The van der Waals surface area contributed by atoms with Gasteiger partial charge >= 0.3 is 11.9 Å². The topological polar surface area (TPSA) is 119 Å². The van der Waals surface area contributed by atoms with Crippen LogP contribution in [0.2, 0.25) is 5.02 Å². The van der Waals surface area contributed by atoms with Crippen LogP contribution in [-0.2, 0) is 26.0 Å². The average Bonchev–Trinajstić information content (AvgIpc) is 2.85. The molecule has 0 heterocycles. The van der Waals surface area contributed by atoms with Crippen LogP contribution in [0.4, 0.5) is 11.4 Å². The number of carbonyl (C=O) groups excluding carboxylic acids is 3. The number of anilines is 2. The third-order valence-corrected chi connectivity index (χ3v) is 6.45. The highest BCUT2D eigenvalue weighted by molar-refractivity contribution is 7.92. The van der Waals surface area contributed by atoms with E-state index in [2.05, 4.69) is 5.32 Å². The number of carbonyl (C=O) groups is 3. The van der Waals surface area contributed by atoms with Gasteiger partial charge in [0.15, 0.2) is 0 Å². The largest absolute Gasteiger partial charge is 0.465 e. The number of amides is 1. The average molecular weight is 531 g/mol. The van der Waals surface area contributed by atoms with Crippen molar-refractivity contribution >= 4 is 50.8 Å². The van der Waals surface area contributed by atoms with Crippen molar-refractivity contribution in [2.24, 2.45) is 0 Å². The van der Waals surface area contributed by atoms with Gasteiger partial charge in [0.05, 0.1) is 43.8 Å². The first-order chi connectivity index (χ1) is 17.0. The third-order valence-electron chi connectivity index (χ3n) is 5.07. The van der Waals surface area contributed by atoms with Crippen LogP contribution >= 0.6 is 11.6 Å². The van der Waals surface area contributed by atoms with Gasteiger partial charge < -0.3 is 14.8 Å². The number of ether oxygens (including phenoxy) is 2. The van der Waals surface area contributed by atoms with E-state index >= 15 is 0 Å². The zero-order chi connectivity index (χ0) is 26.5. The molecule has 0 aromatic heterocycles. The minimum atomic E-state index is -3.61. The first-order valence-electron chi connectivity index (χ1n) is 10.5. The summed E-state index contributed by atoms with van der Waals surface area (Å²) in [5, 5.41) is 3.04. The predicted octanol–water partition coefficient (Wildman–Crippen LogP) is 4.13. The molecule has 188 valence electrons. The van der Waals surface area contributed by atoms with Gasteiger partial charge in [-0.05, 0) is 54.1 Å². The number of esters is 2. The normalized spacial score (nSPS) is 10.9. The van der Waals surface area contributed by atoms with Crippen molar-refractivity contribution in [2.75, 3.05) is 30.1 Å². The van der Waals surface area contributed by atoms with Gasteiger partial charge in [0, 0.05) is 16.3 Å². The number of benzene rings is 3. The lowest BCUT2D eigenvalue weighted by Crippen LogP contribution is -2.29. The molecule has 0 aliphatic rings. The zero-order valence-electron chi connectivity index (χ0n) is 19.6. The summed E-state index contributed by atoms with van der Waals surface area (Å²) in [7, 11) is -1.21. The maximum absolute atomic E-state index is 12.8. The van der Waals surface area contributed by atoms with Crippen LogP contribution in [0.15, 0.2) is 66.7 Å². The van der Waals surface area contributed by atoms with Gasteiger partial charge in [-0.3, -0.25) is 9.10 Å². The maximum atomic E-state index is 12.8. The standard InChI is InChI=1S/C25H23ClN2O7S/c1-34-24(30)18-11-19(25(31)35-2)13-21(12-18)27-23(29)17-9-7-16(8-10-17)15-28(36(3,32)33)22-6-4-5-20(26)14-22/h4-14H,15H2,1-3H3,(H,27,29). The quantitative estimate of drug-likeness (QED) is 0.435. The van der Waals surface area contributed by atoms with Gasteiger partial charge in [-0.15, -0.1) is 0 Å². The minimum Gasteiger partial charge on any atom is -0.465 e. The Balaban J connectivity index is 1.82. The molecule has 0 radical (unpaired) electrons. The molecule has 1 amide bonds. The van der Waals surface area contributed by atoms with Crippen molar-refractivity contribution in [2.45, 2.75) is 6.54 Å². The van der Waals surface area contributed by atoms with Crippen molar-refractivity contribution in [3.8, 4) is 0 Å². The summed E-state index contributed by atoms with van der Waals surface area (Å²) < 4.78 is 35.4. The first kappa shape index (κ1) is 26.7. The first-order valence-corrected chi connectivity index (χ1v) is 12.7. The Kier molecular flexibility index (Phi) is 8.33. The van der Waals surface area contributed by atoms with Gasteiger partial charge in [0.1, 0.15) is 0 Å². The van der Waals surface area contributed by atoms with E-state index in [0.717, 1.165) is 6.26 Å². The summed E-state index contributed by atoms with van der Waals surface area (Å²) in [5.41, 5.74) is 1.64. The molecule has 0 unspecified atom stereocenters. The second-order valence-electron chi connectivity index (χ2n) is 7.68. The molecule has 1 N–H and O–H groups in total. The van der Waals surface area contributed by atoms with Gasteiger partial charge in [0.25, 0.3) is 5.91 Å². The van der Waals surface area contributed by atoms with E-state index in [1.165, 1.54) is 48.9 Å². The smallest absolute Gasteiger partial charge is 0.337 e. The summed E-state index contributed by atoms with van der Waals surface area (Å²) in [5.74, 6) is -1.87. The molecule has 0 spiro atoms. The molecule has 3 rings (SSSR count). The Bertz CT molecular complexity index is 1370. The second kappa shape index (κ2) is 11.2. The molecule has 3 aromatic carbocycles. The van der Waals surface area contributed by atoms with Crippen molar-refractivity contribution in [1.29, 1.82) is 0 Å². The van der Waals surface area contributed by atoms with Gasteiger partial charge in [-0.1, -0.05) is 29.8 Å². The van der Waals surface area contributed by atoms with E-state index in [1.807, 2.05) is 0 Å². The molecule has 0 bridgehead atoms. The Morgan fingerprint density at radius 2 is 1.44 bits per heavy atom. The van der Waals surface area contributed by atoms with E-state index < -0.39 is 27.9 Å². The van der Waals surface area contributed by atoms with Crippen molar-refractivity contribution in [3.63, 3.8) is 0 Å². The number of nitrogens with zero attached hydrogens (tertiary/aromatic N) is 1. The van der Waals surface area contributed by atoms with Crippen LogP contribution in [-0.4, -0.2) is 46.7 Å². The highest BCUT2D eigenvalue weighted by atomic mass is 35.5. The van der Waals surface area contributed by atoms with Crippen LogP contribution in [0.1, 0.15) is 36.6 Å². The minimum absolute atomic E-state index is 0.0325. The van der Waals surface area contributed by atoms with E-state index in [4.69, 9.17) is 21.1 Å². The highest BCUT2D eigenvalue weighted by Crippen LogP contribution is 2.24. The predicted molar refractivity (Wildman–Crippen MR) is 136 cm³/mol. The molecule has 11 heteroatoms. The SMILES string of the molecule is COC(=O)c1cc(NC(=O)c2ccc(CN(c3cccc(Cl)c3)S(C)(=O)=O)cc2)cc(C(=O)OC)c1. The van der Waals surface area contributed by atoms with Crippen molar-refractivity contribution in [3.05, 3.63) is 94.0 Å². The van der Waals surface area contributed by atoms with Gasteiger partial charge in [-0.25, -0.2) is 18.0 Å². The molecule has 0 fully saturated rings. The zero-order valence-corrected chi connectivity index (χ0v) is 21.2. The summed E-state index contributed by atoms with van der Waals surface area (Å²) in [4.78, 5) is 36.7. The Labute approximate surface area is 213 Å². The number of nitrogens with one attached hydrogen (secondary N) is 1. The van der Waals surface area contributed by atoms with E-state index in [1.54, 1.807) is 36.4 Å². The number of rotatable bonds is 8. The number of halogens is 1. The number of hydrogen-bond acceptors (Lipinski definition) is 7. The Morgan fingerprint density at radius 1 is 0.861 bits per heavy atom. The highest BCUT2D eigenvalue weighted by Gasteiger charge is 2.19. The van der Waals surface area contributed by atoms with E-state index in [9.17, 15) is 22.8 Å². The molecule has 0 aliphatic heterocycles. The van der Waals surface area contributed by atoms with E-state index in [0.29, 0.717) is 16.3 Å². The fourth-order valence-corrected chi connectivity index (χ4v) is 4.40. The van der Waals surface area contributed by atoms with Gasteiger partial charge in [-0.2, -0.15) is 0 Å². The number of hydrogen-bond donors (Lipinski definition) is 1. The lowest BCUT2D eigenvalue weighted by Gasteiger charge is -2.22. The van der Waals surface area contributed by atoms with Crippen LogP contribution < -0.4 is 9.62 Å². The second-order valence-corrected chi connectivity index (χ2v) is 10.0. The van der Waals surface area contributed by atoms with Crippen LogP contribution in [0.5, 0.6) is 0 Å². The van der Waals surface area contributed by atoms with Crippen LogP contribution in [0.25, 0.3) is 0 Å². The molecule has 0 atom stereocenters. The monoisotopic (exact) mass is 530 g/mol. The van der Waals surface area contributed by atoms with E-state index in [-0.39, 0.29) is 28.9 Å². The Morgan fingerprint density at radius 3 is 1.94 bits per heavy atom. The summed E-state index contributed by atoms with van der Waals surface area (Å²) in [6, 6.07) is 16.9. The lowest BCUT2D eigenvalue weighted by atomic mass is 10.1. The number of sulfonamides is 1.